The summed E-state index contributed by atoms with van der Waals surface area (Å²) in [5.41, 5.74) is -6.86. The molecule has 0 aromatic heterocycles. The number of rotatable bonds is 0. The molecule has 0 aliphatic rings. The van der Waals surface area contributed by atoms with Gasteiger partial charge in [-0.05, 0) is 0 Å². The van der Waals surface area contributed by atoms with E-state index in [2.05, 4.69) is 46.7 Å². The SMILES string of the molecule is [C-]#[O+].[C-]#[O+].[C-]#[O+].[C-]#[O+].[C-]#[O+].[C-]#[O+].[CH-]=O.[Mn+2].[Mn].[N-]=C(C(F)(F)F)C(F)(F)F.[N-]=C(C(F)(F)F)C(F)(F)F. The Bertz CT molecular complexity index is 518. The van der Waals surface area contributed by atoms with E-state index in [-0.39, 0.29) is 34.1 Å². The first-order valence-corrected chi connectivity index (χ1v) is 5.18. The molecule has 0 N–H and O–H groups in total. The number of carbonyl (C=O) groups excluding carboxylic acids is 1. The van der Waals surface area contributed by atoms with Crippen molar-refractivity contribution < 1.29 is 120 Å². The van der Waals surface area contributed by atoms with Crippen molar-refractivity contribution in [3.05, 3.63) is 50.7 Å². The molecule has 0 aliphatic heterocycles. The first kappa shape index (κ1) is 69.9. The van der Waals surface area contributed by atoms with Crippen LogP contribution in [-0.4, -0.2) is 42.9 Å². The molecular weight excluding hydrogens is 634 g/mol. The van der Waals surface area contributed by atoms with Crippen LogP contribution < -0.4 is 0 Å². The number of hydrogen-bond acceptors (Lipinski definition) is 1. The van der Waals surface area contributed by atoms with Gasteiger partial charge < -0.3 is 15.6 Å². The number of nitrogens with zero attached hydrogens (tertiary/aromatic N) is 2. The molecule has 0 saturated carbocycles. The standard InChI is InChI=1S/2C3F6N.CHO.6CO.2Mn/c2*4-2(5,6)1(10)3(7,8)9;7*1-2;;/h;;1H;;;;;;;;/q3*-1;;;;;;;;+2. The molecule has 23 heteroatoms. The molecular formula is C13HF12Mn2N2O7-. The normalized spacial score (nSPS) is 7.89. The number of halogens is 12. The Morgan fingerprint density at radius 3 is 0.500 bits per heavy atom. The van der Waals surface area contributed by atoms with Crippen LogP contribution in [-0.2, 0) is 66.8 Å². The van der Waals surface area contributed by atoms with Crippen molar-refractivity contribution >= 4 is 18.2 Å². The molecule has 204 valence electrons. The molecule has 2 radical (unpaired) electrons. The summed E-state index contributed by atoms with van der Waals surface area (Å²) in [6, 6.07) is 0. The fraction of sp³-hybridized carbons (Fsp3) is 0.308. The molecule has 0 aromatic rings. The third kappa shape index (κ3) is 63.4. The van der Waals surface area contributed by atoms with E-state index in [1.165, 1.54) is 0 Å². The van der Waals surface area contributed by atoms with E-state index in [9.17, 15) is 52.7 Å². The van der Waals surface area contributed by atoms with Crippen LogP contribution >= 0.6 is 0 Å². The predicted molar refractivity (Wildman–Crippen MR) is 71.3 cm³/mol. The average Bonchev–Trinajstić information content (AvgIpc) is 2.80. The fourth-order valence-corrected chi connectivity index (χ4v) is 0.321. The maximum absolute atomic E-state index is 10.9. The fourth-order valence-electron chi connectivity index (χ4n) is 0.321. The quantitative estimate of drug-likeness (QED) is 0.0967. The van der Waals surface area contributed by atoms with Crippen molar-refractivity contribution in [2.45, 2.75) is 24.7 Å². The second-order valence-corrected chi connectivity index (χ2v) is 2.69. The van der Waals surface area contributed by atoms with Gasteiger partial charge >= 0.3 is 110 Å². The zero-order chi connectivity index (χ0) is 31.2. The third-order valence-corrected chi connectivity index (χ3v) is 1.07. The van der Waals surface area contributed by atoms with Gasteiger partial charge in [0.2, 0.25) is 0 Å². The predicted octanol–water partition coefficient (Wildman–Crippen LogP) is 3.74. The van der Waals surface area contributed by atoms with Crippen LogP contribution in [0, 0.1) is 39.9 Å². The van der Waals surface area contributed by atoms with Gasteiger partial charge in [-0.25, -0.2) is 0 Å². The van der Waals surface area contributed by atoms with E-state index in [4.69, 9.17) is 43.5 Å². The first-order valence-electron chi connectivity index (χ1n) is 5.18. The molecule has 0 unspecified atom stereocenters. The Morgan fingerprint density at radius 1 is 0.444 bits per heavy atom. The van der Waals surface area contributed by atoms with Gasteiger partial charge in [0.15, 0.2) is 0 Å². The molecule has 0 rings (SSSR count). The zero-order valence-electron chi connectivity index (χ0n) is 15.6. The van der Waals surface area contributed by atoms with Crippen LogP contribution in [0.3, 0.4) is 0 Å². The van der Waals surface area contributed by atoms with E-state index in [1.54, 1.807) is 0 Å². The minimum atomic E-state index is -5.71. The van der Waals surface area contributed by atoms with Gasteiger partial charge in [-0.15, -0.1) is 0 Å². The molecule has 9 nitrogen and oxygen atoms in total. The van der Waals surface area contributed by atoms with E-state index < -0.39 is 36.1 Å². The molecule has 0 fully saturated rings. The molecule has 0 atom stereocenters. The molecule has 36 heavy (non-hydrogen) atoms. The molecule has 0 amide bonds. The third-order valence-electron chi connectivity index (χ3n) is 1.07. The smallest absolute Gasteiger partial charge is 0.796 e. The summed E-state index contributed by atoms with van der Waals surface area (Å²) in [4.78, 5) is 7.75. The van der Waals surface area contributed by atoms with Gasteiger partial charge in [-0.1, -0.05) is 0 Å². The second kappa shape index (κ2) is 42.8. The zero-order valence-corrected chi connectivity index (χ0v) is 18.0. The van der Waals surface area contributed by atoms with E-state index in [0.717, 1.165) is 0 Å². The van der Waals surface area contributed by atoms with Crippen LogP contribution in [0.25, 0.3) is 10.8 Å². The van der Waals surface area contributed by atoms with Crippen molar-refractivity contribution in [1.29, 1.82) is 0 Å². The summed E-state index contributed by atoms with van der Waals surface area (Å²) in [5.74, 6) is 0. The molecule has 0 bridgehead atoms. The summed E-state index contributed by atoms with van der Waals surface area (Å²) in [6.07, 6.45) is -22.8. The molecule has 0 spiro atoms. The summed E-state index contributed by atoms with van der Waals surface area (Å²) in [6.45, 7) is 30.2. The van der Waals surface area contributed by atoms with E-state index >= 15 is 0 Å². The average molecular weight is 635 g/mol. The van der Waals surface area contributed by atoms with Crippen molar-refractivity contribution in [3.8, 4) is 0 Å². The minimum absolute atomic E-state index is 0. The van der Waals surface area contributed by atoms with Crippen molar-refractivity contribution in [2.75, 3.05) is 0 Å². The van der Waals surface area contributed by atoms with Gasteiger partial charge in [0.05, 0.1) is 0 Å². The van der Waals surface area contributed by atoms with Gasteiger partial charge in [0, 0.05) is 28.5 Å². The maximum atomic E-state index is 10.9. The Kier molecular flexibility index (Phi) is 83.1. The largest absolute Gasteiger partial charge is 2.00 e. The monoisotopic (exact) mass is 635 g/mol. The Balaban J connectivity index is -0.0000000249. The Labute approximate surface area is 213 Å². The van der Waals surface area contributed by atoms with Crippen LogP contribution in [0.5, 0.6) is 0 Å². The Hall–Kier alpha value is -2.35. The van der Waals surface area contributed by atoms with Gasteiger partial charge in [-0.3, -0.25) is 6.79 Å². The summed E-state index contributed by atoms with van der Waals surface area (Å²) in [5, 5.41) is 14.8. The second-order valence-electron chi connectivity index (χ2n) is 2.69. The maximum Gasteiger partial charge on any atom is 2.00 e. The summed E-state index contributed by atoms with van der Waals surface area (Å²) < 4.78 is 176. The Morgan fingerprint density at radius 2 is 0.500 bits per heavy atom. The number of alkyl halides is 12. The minimum Gasteiger partial charge on any atom is -0.796 e. The van der Waals surface area contributed by atoms with Crippen LogP contribution in [0.2, 0.25) is 0 Å². The van der Waals surface area contributed by atoms with Crippen LogP contribution in [0.1, 0.15) is 0 Å². The molecule has 0 aromatic carbocycles. The van der Waals surface area contributed by atoms with Gasteiger partial charge in [0.25, 0.3) is 0 Å². The van der Waals surface area contributed by atoms with Crippen LogP contribution in [0.4, 0.5) is 52.7 Å². The van der Waals surface area contributed by atoms with E-state index in [0.29, 0.717) is 0 Å². The molecule has 0 heterocycles. The van der Waals surface area contributed by atoms with Crippen molar-refractivity contribution in [2.24, 2.45) is 0 Å². The van der Waals surface area contributed by atoms with E-state index in [1.807, 2.05) is 0 Å². The first-order chi connectivity index (χ1) is 15.3. The van der Waals surface area contributed by atoms with Crippen molar-refractivity contribution in [1.82, 2.24) is 0 Å². The van der Waals surface area contributed by atoms with Gasteiger partial charge in [0.1, 0.15) is 0 Å². The van der Waals surface area contributed by atoms with Crippen molar-refractivity contribution in [3.63, 3.8) is 0 Å². The molecule has 0 saturated heterocycles. The number of hydrogen-bond donors (Lipinski definition) is 0. The molecule has 0 aliphatic carbocycles. The van der Waals surface area contributed by atoms with Crippen LogP contribution in [0.15, 0.2) is 0 Å². The van der Waals surface area contributed by atoms with Gasteiger partial charge in [-0.2, -0.15) is 52.7 Å². The summed E-state index contributed by atoms with van der Waals surface area (Å²) in [7, 11) is 0. The summed E-state index contributed by atoms with van der Waals surface area (Å²) >= 11 is 0. The topological polar surface area (TPSA) is 181 Å².